The van der Waals surface area contributed by atoms with Crippen LogP contribution < -0.4 is 10.6 Å². The molecular weight excluding hydrogens is 326 g/mol. The van der Waals surface area contributed by atoms with E-state index in [2.05, 4.69) is 20.4 Å². The molecule has 0 saturated carbocycles. The zero-order valence-corrected chi connectivity index (χ0v) is 14.0. The number of hydrogen-bond acceptors (Lipinski definition) is 4. The molecule has 0 spiro atoms. The van der Waals surface area contributed by atoms with Gasteiger partial charge in [-0.2, -0.15) is 0 Å². The predicted molar refractivity (Wildman–Crippen MR) is 83.6 cm³/mol. The molecule has 1 heterocycles. The van der Waals surface area contributed by atoms with Crippen molar-refractivity contribution in [3.05, 3.63) is 23.2 Å². The largest absolute Gasteiger partial charge is 0.465 e. The quantitative estimate of drug-likeness (QED) is 0.484. The van der Waals surface area contributed by atoms with Gasteiger partial charge in [-0.15, -0.1) is 17.0 Å². The molecule has 0 aliphatic heterocycles. The second kappa shape index (κ2) is 9.41. The number of aryl methyl sites for hydroxylation is 1. The van der Waals surface area contributed by atoms with Gasteiger partial charge in [0.2, 0.25) is 0 Å². The minimum atomic E-state index is -0.393. The molecule has 0 atom stereocenters. The molecule has 7 heteroatoms. The van der Waals surface area contributed by atoms with Crippen molar-refractivity contribution in [1.82, 2.24) is 10.6 Å². The molecule has 6 nitrogen and oxygen atoms in total. The second-order valence-electron chi connectivity index (χ2n) is 3.90. The van der Waals surface area contributed by atoms with Gasteiger partial charge in [0.1, 0.15) is 23.6 Å². The average Bonchev–Trinajstić information content (AvgIpc) is 2.77. The number of hydrogen-bond donors (Lipinski definition) is 2. The van der Waals surface area contributed by atoms with Gasteiger partial charge in [-0.3, -0.25) is 0 Å². The summed E-state index contributed by atoms with van der Waals surface area (Å²) in [6, 6.07) is 1.67. The van der Waals surface area contributed by atoms with Gasteiger partial charge >= 0.3 is 5.97 Å². The van der Waals surface area contributed by atoms with E-state index in [1.807, 2.05) is 13.8 Å². The van der Waals surface area contributed by atoms with E-state index in [4.69, 9.17) is 4.42 Å². The molecular formula is C13H22BrN3O3. The van der Waals surface area contributed by atoms with Crippen molar-refractivity contribution in [2.24, 2.45) is 4.99 Å². The van der Waals surface area contributed by atoms with Crippen molar-refractivity contribution >= 4 is 28.9 Å². The Bertz CT molecular complexity index is 450. The molecule has 114 valence electrons. The number of carbonyl (C=O) groups is 1. The van der Waals surface area contributed by atoms with Crippen LogP contribution >= 0.6 is 17.0 Å². The standard InChI is InChI=1S/C13H21N3O3.BrH/c1-5-14-13(15-6-2)16-8-10-7-11(9(3)19-10)12(17)18-4;/h7H,5-6,8H2,1-4H3,(H2,14,15,16);1H. The zero-order valence-electron chi connectivity index (χ0n) is 12.3. The molecule has 1 aromatic rings. The van der Waals surface area contributed by atoms with E-state index in [1.54, 1.807) is 13.0 Å². The second-order valence-corrected chi connectivity index (χ2v) is 3.90. The summed E-state index contributed by atoms with van der Waals surface area (Å²) in [5.74, 6) is 1.51. The third kappa shape index (κ3) is 5.24. The van der Waals surface area contributed by atoms with Crippen LogP contribution in [0.4, 0.5) is 0 Å². The van der Waals surface area contributed by atoms with E-state index < -0.39 is 5.97 Å². The number of ether oxygens (including phenoxy) is 1. The summed E-state index contributed by atoms with van der Waals surface area (Å²) >= 11 is 0. The highest BCUT2D eigenvalue weighted by Crippen LogP contribution is 2.16. The summed E-state index contributed by atoms with van der Waals surface area (Å²) in [7, 11) is 1.35. The third-order valence-corrected chi connectivity index (χ3v) is 2.46. The van der Waals surface area contributed by atoms with Crippen molar-refractivity contribution < 1.29 is 13.9 Å². The maximum absolute atomic E-state index is 11.4. The predicted octanol–water partition coefficient (Wildman–Crippen LogP) is 2.03. The van der Waals surface area contributed by atoms with E-state index in [0.717, 1.165) is 19.0 Å². The lowest BCUT2D eigenvalue weighted by molar-refractivity contribution is 0.0599. The Labute approximate surface area is 129 Å². The highest BCUT2D eigenvalue weighted by atomic mass is 79.9. The molecule has 0 radical (unpaired) electrons. The molecule has 0 fully saturated rings. The fourth-order valence-electron chi connectivity index (χ4n) is 1.60. The first kappa shape index (κ1) is 18.5. The summed E-state index contributed by atoms with van der Waals surface area (Å²) in [4.78, 5) is 15.8. The van der Waals surface area contributed by atoms with Crippen LogP contribution in [-0.2, 0) is 11.3 Å². The highest BCUT2D eigenvalue weighted by molar-refractivity contribution is 8.93. The molecule has 0 aliphatic rings. The number of guanidine groups is 1. The van der Waals surface area contributed by atoms with Gasteiger partial charge in [0.05, 0.1) is 7.11 Å². The van der Waals surface area contributed by atoms with Crippen LogP contribution in [0.15, 0.2) is 15.5 Å². The van der Waals surface area contributed by atoms with Crippen LogP contribution in [0.25, 0.3) is 0 Å². The van der Waals surface area contributed by atoms with Crippen molar-refractivity contribution in [1.29, 1.82) is 0 Å². The summed E-state index contributed by atoms with van der Waals surface area (Å²) in [6.07, 6.45) is 0. The Balaban J connectivity index is 0.00000361. The van der Waals surface area contributed by atoms with Crippen LogP contribution in [0.3, 0.4) is 0 Å². The summed E-state index contributed by atoms with van der Waals surface area (Å²) < 4.78 is 10.2. The maximum Gasteiger partial charge on any atom is 0.341 e. The van der Waals surface area contributed by atoms with Crippen LogP contribution in [-0.4, -0.2) is 32.1 Å². The molecule has 1 rings (SSSR count). The molecule has 0 amide bonds. The van der Waals surface area contributed by atoms with Crippen molar-refractivity contribution in [2.75, 3.05) is 20.2 Å². The van der Waals surface area contributed by atoms with E-state index in [-0.39, 0.29) is 17.0 Å². The summed E-state index contributed by atoms with van der Waals surface area (Å²) in [6.45, 7) is 7.67. The van der Waals surface area contributed by atoms with E-state index in [9.17, 15) is 4.79 Å². The van der Waals surface area contributed by atoms with Crippen LogP contribution in [0.5, 0.6) is 0 Å². The number of furan rings is 1. The number of esters is 1. The summed E-state index contributed by atoms with van der Waals surface area (Å²) in [5, 5.41) is 6.23. The lowest BCUT2D eigenvalue weighted by atomic mass is 10.2. The zero-order chi connectivity index (χ0) is 14.3. The lowest BCUT2D eigenvalue weighted by Crippen LogP contribution is -2.36. The SMILES string of the molecule is Br.CCNC(=NCc1cc(C(=O)OC)c(C)o1)NCC. The van der Waals surface area contributed by atoms with Crippen molar-refractivity contribution in [2.45, 2.75) is 27.3 Å². The maximum atomic E-state index is 11.4. The fraction of sp³-hybridized carbons (Fsp3) is 0.538. The monoisotopic (exact) mass is 347 g/mol. The number of methoxy groups -OCH3 is 1. The minimum absolute atomic E-state index is 0. The van der Waals surface area contributed by atoms with Gasteiger partial charge in [0, 0.05) is 13.1 Å². The number of carbonyl (C=O) groups excluding carboxylic acids is 1. The molecule has 0 aliphatic carbocycles. The van der Waals surface area contributed by atoms with Gasteiger partial charge in [-0.25, -0.2) is 9.79 Å². The minimum Gasteiger partial charge on any atom is -0.465 e. The van der Waals surface area contributed by atoms with Gasteiger partial charge < -0.3 is 19.8 Å². The Hall–Kier alpha value is -1.50. The fourth-order valence-corrected chi connectivity index (χ4v) is 1.60. The van der Waals surface area contributed by atoms with Crippen LogP contribution in [0.2, 0.25) is 0 Å². The average molecular weight is 348 g/mol. The number of rotatable bonds is 5. The Kier molecular flexibility index (Phi) is 8.71. The van der Waals surface area contributed by atoms with Gasteiger partial charge in [-0.1, -0.05) is 0 Å². The van der Waals surface area contributed by atoms with E-state index in [0.29, 0.717) is 23.6 Å². The molecule has 0 aromatic carbocycles. The first-order valence-corrected chi connectivity index (χ1v) is 6.32. The van der Waals surface area contributed by atoms with Crippen LogP contribution in [0, 0.1) is 6.92 Å². The lowest BCUT2D eigenvalue weighted by Gasteiger charge is -2.08. The Morgan fingerprint density at radius 2 is 1.95 bits per heavy atom. The molecule has 2 N–H and O–H groups in total. The molecule has 0 bridgehead atoms. The Morgan fingerprint density at radius 1 is 1.35 bits per heavy atom. The van der Waals surface area contributed by atoms with Gasteiger partial charge in [-0.05, 0) is 26.8 Å². The van der Waals surface area contributed by atoms with Gasteiger partial charge in [0.15, 0.2) is 5.96 Å². The normalized spacial score (nSPS) is 9.40. The van der Waals surface area contributed by atoms with Crippen molar-refractivity contribution in [3.8, 4) is 0 Å². The molecule has 1 aromatic heterocycles. The van der Waals surface area contributed by atoms with Crippen molar-refractivity contribution in [3.63, 3.8) is 0 Å². The Morgan fingerprint density at radius 3 is 2.45 bits per heavy atom. The molecule has 0 saturated heterocycles. The van der Waals surface area contributed by atoms with E-state index >= 15 is 0 Å². The smallest absolute Gasteiger partial charge is 0.341 e. The van der Waals surface area contributed by atoms with E-state index in [1.165, 1.54) is 7.11 Å². The first-order chi connectivity index (χ1) is 9.12. The highest BCUT2D eigenvalue weighted by Gasteiger charge is 2.14. The first-order valence-electron chi connectivity index (χ1n) is 6.32. The third-order valence-electron chi connectivity index (χ3n) is 2.46. The number of aliphatic imine (C=N–C) groups is 1. The topological polar surface area (TPSA) is 75.9 Å². The molecule has 20 heavy (non-hydrogen) atoms. The van der Waals surface area contributed by atoms with Crippen LogP contribution in [0.1, 0.15) is 35.7 Å². The number of nitrogens with zero attached hydrogens (tertiary/aromatic N) is 1. The number of halogens is 1. The van der Waals surface area contributed by atoms with Gasteiger partial charge in [0.25, 0.3) is 0 Å². The summed E-state index contributed by atoms with van der Waals surface area (Å²) in [5.41, 5.74) is 0.446. The molecule has 0 unspecified atom stereocenters. The number of nitrogens with one attached hydrogen (secondary N) is 2.